The van der Waals surface area contributed by atoms with Gasteiger partial charge < -0.3 is 10.4 Å². The van der Waals surface area contributed by atoms with Gasteiger partial charge in [-0.05, 0) is 19.8 Å². The van der Waals surface area contributed by atoms with E-state index < -0.39 is 0 Å². The van der Waals surface area contributed by atoms with Gasteiger partial charge in [0.15, 0.2) is 0 Å². The molecule has 1 aliphatic carbocycles. The number of aliphatic hydroxyl groups excluding tert-OH is 1. The molecule has 11 heavy (non-hydrogen) atoms. The molecule has 1 fully saturated rings. The first-order valence-electron chi connectivity index (χ1n) is 3.76. The molecule has 0 aromatic heterocycles. The van der Waals surface area contributed by atoms with Crippen LogP contribution in [-0.2, 0) is 4.79 Å². The average Bonchev–Trinajstić information content (AvgIpc) is 1.84. The van der Waals surface area contributed by atoms with E-state index >= 15 is 0 Å². The number of carbonyl (C=O) groups is 1. The number of rotatable bonds is 2. The monoisotopic (exact) mass is 175 g/mol. The molecule has 3 nitrogen and oxygen atoms in total. The molecule has 0 aromatic rings. The maximum atomic E-state index is 11.0. The molecule has 1 aliphatic rings. The van der Waals surface area contributed by atoms with Crippen molar-refractivity contribution in [1.29, 1.82) is 0 Å². The molecule has 2 N–H and O–H groups in total. The summed E-state index contributed by atoms with van der Waals surface area (Å²) in [6.45, 7) is 1.73. The van der Waals surface area contributed by atoms with Gasteiger partial charge in [0.05, 0.1) is 11.4 Å². The molecule has 0 radical (unpaired) electrons. The van der Waals surface area contributed by atoms with Crippen LogP contribution in [0.5, 0.6) is 0 Å². The van der Waals surface area contributed by atoms with Crippen molar-refractivity contribution in [3.8, 4) is 0 Å². The lowest BCUT2D eigenvalue weighted by Gasteiger charge is -2.32. The van der Waals surface area contributed by atoms with Crippen LogP contribution in [0.4, 0.5) is 0 Å². The lowest BCUT2D eigenvalue weighted by molar-refractivity contribution is -0.122. The Hall–Kier alpha value is -0.220. The van der Waals surface area contributed by atoms with Gasteiger partial charge in [-0.25, -0.2) is 0 Å². The van der Waals surface area contributed by atoms with Gasteiger partial charge in [-0.2, -0.15) is 12.6 Å². The fourth-order valence-corrected chi connectivity index (χ4v) is 1.10. The zero-order valence-corrected chi connectivity index (χ0v) is 7.34. The summed E-state index contributed by atoms with van der Waals surface area (Å²) in [4.78, 5) is 11.0. The molecule has 0 aromatic carbocycles. The molecule has 4 heteroatoms. The third kappa shape index (κ3) is 2.38. The van der Waals surface area contributed by atoms with Gasteiger partial charge in [-0.3, -0.25) is 4.79 Å². The van der Waals surface area contributed by atoms with Crippen molar-refractivity contribution in [3.05, 3.63) is 0 Å². The lowest BCUT2D eigenvalue weighted by Crippen LogP contribution is -2.48. The largest absolute Gasteiger partial charge is 0.393 e. The summed E-state index contributed by atoms with van der Waals surface area (Å²) in [6.07, 6.45) is 1.16. The van der Waals surface area contributed by atoms with E-state index in [0.717, 1.165) is 0 Å². The second kappa shape index (κ2) is 3.45. The highest BCUT2D eigenvalue weighted by molar-refractivity contribution is 7.81. The third-order valence-corrected chi connectivity index (χ3v) is 2.07. The predicted octanol–water partition coefficient (Wildman–Crippen LogP) is -0.0558. The van der Waals surface area contributed by atoms with Gasteiger partial charge in [0, 0.05) is 6.04 Å². The highest BCUT2D eigenvalue weighted by Gasteiger charge is 2.28. The van der Waals surface area contributed by atoms with Crippen molar-refractivity contribution in [2.75, 3.05) is 0 Å². The van der Waals surface area contributed by atoms with E-state index in [0.29, 0.717) is 12.8 Å². The Morgan fingerprint density at radius 2 is 2.27 bits per heavy atom. The molecule has 1 rings (SSSR count). The second-order valence-electron chi connectivity index (χ2n) is 3.01. The summed E-state index contributed by atoms with van der Waals surface area (Å²) >= 11 is 3.98. The highest BCUT2D eigenvalue weighted by Crippen LogP contribution is 2.19. The molecule has 0 saturated heterocycles. The molecule has 0 heterocycles. The van der Waals surface area contributed by atoms with Gasteiger partial charge in [0.2, 0.25) is 5.91 Å². The van der Waals surface area contributed by atoms with Crippen LogP contribution >= 0.6 is 12.6 Å². The van der Waals surface area contributed by atoms with E-state index in [1.54, 1.807) is 6.92 Å². The van der Waals surface area contributed by atoms with E-state index in [4.69, 9.17) is 5.11 Å². The Bertz CT molecular complexity index is 155. The van der Waals surface area contributed by atoms with Crippen molar-refractivity contribution in [3.63, 3.8) is 0 Å². The van der Waals surface area contributed by atoms with E-state index in [9.17, 15) is 4.79 Å². The van der Waals surface area contributed by atoms with Crippen molar-refractivity contribution < 1.29 is 9.90 Å². The van der Waals surface area contributed by atoms with E-state index in [1.807, 2.05) is 0 Å². The molecule has 0 aliphatic heterocycles. The Balaban J connectivity index is 2.17. The number of hydrogen-bond donors (Lipinski definition) is 3. The number of amides is 1. The van der Waals surface area contributed by atoms with Crippen molar-refractivity contribution in [1.82, 2.24) is 5.32 Å². The number of aliphatic hydroxyl groups is 1. The zero-order chi connectivity index (χ0) is 8.43. The summed E-state index contributed by atoms with van der Waals surface area (Å²) in [7, 11) is 0. The fraction of sp³-hybridized carbons (Fsp3) is 0.857. The van der Waals surface area contributed by atoms with Crippen LogP contribution in [0.3, 0.4) is 0 Å². The van der Waals surface area contributed by atoms with Gasteiger partial charge >= 0.3 is 0 Å². The van der Waals surface area contributed by atoms with E-state index in [1.165, 1.54) is 0 Å². The van der Waals surface area contributed by atoms with Crippen LogP contribution in [0.25, 0.3) is 0 Å². The van der Waals surface area contributed by atoms with Crippen molar-refractivity contribution in [2.45, 2.75) is 37.2 Å². The minimum Gasteiger partial charge on any atom is -0.393 e. The van der Waals surface area contributed by atoms with Gasteiger partial charge in [-0.1, -0.05) is 0 Å². The quantitative estimate of drug-likeness (QED) is 0.515. The van der Waals surface area contributed by atoms with Gasteiger partial charge in [0.1, 0.15) is 0 Å². The Morgan fingerprint density at radius 1 is 1.73 bits per heavy atom. The third-order valence-electron chi connectivity index (χ3n) is 1.84. The number of nitrogens with one attached hydrogen (secondary N) is 1. The predicted molar refractivity (Wildman–Crippen MR) is 45.6 cm³/mol. The molecule has 1 unspecified atom stereocenters. The van der Waals surface area contributed by atoms with Crippen LogP contribution < -0.4 is 5.32 Å². The molecular formula is C7H13NO2S. The second-order valence-corrected chi connectivity index (χ2v) is 3.78. The zero-order valence-electron chi connectivity index (χ0n) is 6.45. The first kappa shape index (κ1) is 8.87. The van der Waals surface area contributed by atoms with Crippen molar-refractivity contribution in [2.24, 2.45) is 0 Å². The standard InChI is InChI=1S/C7H13NO2S/c1-4(11)7(10)8-5-2-6(9)3-5/h4-6,9,11H,2-3H2,1H3,(H,8,10). The molecular weight excluding hydrogens is 162 g/mol. The Labute approximate surface area is 71.6 Å². The number of carbonyl (C=O) groups excluding carboxylic acids is 1. The van der Waals surface area contributed by atoms with Crippen LogP contribution in [0.15, 0.2) is 0 Å². The molecule has 0 bridgehead atoms. The SMILES string of the molecule is CC(S)C(=O)NC1CC(O)C1. The molecule has 1 saturated carbocycles. The summed E-state index contributed by atoms with van der Waals surface area (Å²) in [5.41, 5.74) is 0. The topological polar surface area (TPSA) is 49.3 Å². The van der Waals surface area contributed by atoms with Crippen LogP contribution in [0.1, 0.15) is 19.8 Å². The molecule has 1 atom stereocenters. The summed E-state index contributed by atoms with van der Waals surface area (Å²) < 4.78 is 0. The number of thiol groups is 1. The fourth-order valence-electron chi connectivity index (χ4n) is 1.03. The summed E-state index contributed by atoms with van der Waals surface area (Å²) in [6, 6.07) is 0.173. The minimum atomic E-state index is -0.257. The first-order valence-corrected chi connectivity index (χ1v) is 4.27. The van der Waals surface area contributed by atoms with E-state index in [-0.39, 0.29) is 23.3 Å². The normalized spacial score (nSPS) is 32.3. The lowest BCUT2D eigenvalue weighted by atomic mass is 9.89. The van der Waals surface area contributed by atoms with Gasteiger partial charge in [0.25, 0.3) is 0 Å². The van der Waals surface area contributed by atoms with Gasteiger partial charge in [-0.15, -0.1) is 0 Å². The molecule has 0 spiro atoms. The highest BCUT2D eigenvalue weighted by atomic mass is 32.1. The molecule has 1 amide bonds. The Morgan fingerprint density at radius 3 is 2.64 bits per heavy atom. The summed E-state index contributed by atoms with van der Waals surface area (Å²) in [5, 5.41) is 11.4. The van der Waals surface area contributed by atoms with Crippen molar-refractivity contribution >= 4 is 18.5 Å². The minimum absolute atomic E-state index is 0.0507. The van der Waals surface area contributed by atoms with Crippen LogP contribution in [-0.4, -0.2) is 28.4 Å². The Kier molecular flexibility index (Phi) is 2.78. The maximum absolute atomic E-state index is 11.0. The summed E-state index contributed by atoms with van der Waals surface area (Å²) in [5.74, 6) is -0.0507. The average molecular weight is 175 g/mol. The maximum Gasteiger partial charge on any atom is 0.232 e. The molecule has 64 valence electrons. The van der Waals surface area contributed by atoms with E-state index in [2.05, 4.69) is 17.9 Å². The van der Waals surface area contributed by atoms with Crippen LogP contribution in [0.2, 0.25) is 0 Å². The van der Waals surface area contributed by atoms with Crippen LogP contribution in [0, 0.1) is 0 Å². The number of hydrogen-bond acceptors (Lipinski definition) is 3. The smallest absolute Gasteiger partial charge is 0.232 e. The first-order chi connectivity index (χ1) is 5.09.